The summed E-state index contributed by atoms with van der Waals surface area (Å²) in [5, 5.41) is 18.9. The van der Waals surface area contributed by atoms with Gasteiger partial charge in [0.05, 0.1) is 6.10 Å². The van der Waals surface area contributed by atoms with Crippen LogP contribution in [0.4, 0.5) is 13.2 Å². The number of hydrogen-bond donors (Lipinski definition) is 2. The van der Waals surface area contributed by atoms with E-state index in [1.54, 1.807) is 24.3 Å². The Hall–Kier alpha value is -2.21. The zero-order valence-corrected chi connectivity index (χ0v) is 11.8. The largest absolute Gasteiger partial charge is 0.507 e. The van der Waals surface area contributed by atoms with Crippen LogP contribution in [0.5, 0.6) is 17.2 Å². The lowest BCUT2D eigenvalue weighted by atomic mass is 10.1. The molecule has 118 valence electrons. The molecule has 3 nitrogen and oxygen atoms in total. The molecule has 1 atom stereocenters. The predicted octanol–water partition coefficient (Wildman–Crippen LogP) is 4.65. The minimum Gasteiger partial charge on any atom is -0.507 e. The van der Waals surface area contributed by atoms with Crippen LogP contribution in [-0.2, 0) is 6.18 Å². The van der Waals surface area contributed by atoms with Crippen molar-refractivity contribution in [1.29, 1.82) is 0 Å². The summed E-state index contributed by atoms with van der Waals surface area (Å²) in [5.41, 5.74) is -0.445. The lowest BCUT2D eigenvalue weighted by Gasteiger charge is -2.12. The first-order valence-corrected chi connectivity index (χ1v) is 6.67. The van der Waals surface area contributed by atoms with Crippen LogP contribution < -0.4 is 4.74 Å². The number of ether oxygens (including phenoxy) is 1. The third-order valence-corrected chi connectivity index (χ3v) is 3.16. The Morgan fingerprint density at radius 2 is 1.64 bits per heavy atom. The van der Waals surface area contributed by atoms with Crippen molar-refractivity contribution in [3.05, 3.63) is 53.6 Å². The molecule has 0 saturated heterocycles. The van der Waals surface area contributed by atoms with Gasteiger partial charge in [0.1, 0.15) is 22.8 Å². The van der Waals surface area contributed by atoms with Crippen LogP contribution in [-0.4, -0.2) is 10.2 Å². The fourth-order valence-electron chi connectivity index (χ4n) is 1.94. The molecule has 0 saturated carbocycles. The fraction of sp³-hybridized carbons (Fsp3) is 0.250. The average Bonchev–Trinajstić information content (AvgIpc) is 2.48. The number of phenolic OH excluding ortho intramolecular Hbond substituents is 1. The highest BCUT2D eigenvalue weighted by molar-refractivity contribution is 5.43. The van der Waals surface area contributed by atoms with Crippen molar-refractivity contribution < 1.29 is 28.1 Å². The molecule has 0 aliphatic rings. The van der Waals surface area contributed by atoms with E-state index in [0.717, 1.165) is 12.1 Å². The molecule has 0 amide bonds. The minimum atomic E-state index is -4.65. The number of halogens is 3. The van der Waals surface area contributed by atoms with Crippen molar-refractivity contribution in [3.63, 3.8) is 0 Å². The molecule has 0 spiro atoms. The first kappa shape index (κ1) is 16.2. The summed E-state index contributed by atoms with van der Waals surface area (Å²) < 4.78 is 43.5. The lowest BCUT2D eigenvalue weighted by molar-refractivity contribution is -0.138. The molecule has 6 heteroatoms. The monoisotopic (exact) mass is 312 g/mol. The Bertz CT molecular complexity index is 636. The summed E-state index contributed by atoms with van der Waals surface area (Å²) in [6.07, 6.45) is -4.68. The summed E-state index contributed by atoms with van der Waals surface area (Å²) in [7, 11) is 0. The van der Waals surface area contributed by atoms with Gasteiger partial charge in [-0.2, -0.15) is 13.2 Å². The Morgan fingerprint density at radius 1 is 1.05 bits per heavy atom. The van der Waals surface area contributed by atoms with Crippen molar-refractivity contribution >= 4 is 0 Å². The maximum atomic E-state index is 12.7. The van der Waals surface area contributed by atoms with Crippen molar-refractivity contribution in [2.45, 2.75) is 25.6 Å². The molecule has 2 rings (SSSR count). The number of aliphatic hydroxyl groups excluding tert-OH is 1. The normalized spacial score (nSPS) is 13.0. The SMILES string of the molecule is CCC(O)c1ccc(Oc2ccc(O)c(C(F)(F)F)c2)cc1. The van der Waals surface area contributed by atoms with E-state index in [-0.39, 0.29) is 5.75 Å². The van der Waals surface area contributed by atoms with Gasteiger partial charge in [-0.1, -0.05) is 19.1 Å². The first-order valence-electron chi connectivity index (χ1n) is 6.67. The number of phenols is 1. The molecular formula is C16H15F3O3. The van der Waals surface area contributed by atoms with Crippen molar-refractivity contribution in [2.75, 3.05) is 0 Å². The van der Waals surface area contributed by atoms with Crippen molar-refractivity contribution in [2.24, 2.45) is 0 Å². The predicted molar refractivity (Wildman–Crippen MR) is 74.9 cm³/mol. The third kappa shape index (κ3) is 3.71. The van der Waals surface area contributed by atoms with Crippen LogP contribution in [0, 0.1) is 0 Å². The van der Waals surface area contributed by atoms with Crippen LogP contribution in [0.25, 0.3) is 0 Å². The van der Waals surface area contributed by atoms with E-state index < -0.39 is 23.6 Å². The van der Waals surface area contributed by atoms with Gasteiger partial charge < -0.3 is 14.9 Å². The molecule has 0 aromatic heterocycles. The first-order chi connectivity index (χ1) is 10.3. The van der Waals surface area contributed by atoms with Gasteiger partial charge in [0.2, 0.25) is 0 Å². The third-order valence-electron chi connectivity index (χ3n) is 3.16. The molecular weight excluding hydrogens is 297 g/mol. The Morgan fingerprint density at radius 3 is 2.18 bits per heavy atom. The highest BCUT2D eigenvalue weighted by Crippen LogP contribution is 2.38. The van der Waals surface area contributed by atoms with E-state index in [9.17, 15) is 23.4 Å². The van der Waals surface area contributed by atoms with Gasteiger partial charge in [0.15, 0.2) is 0 Å². The van der Waals surface area contributed by atoms with E-state index in [0.29, 0.717) is 17.7 Å². The Balaban J connectivity index is 2.21. The average molecular weight is 312 g/mol. The molecule has 0 radical (unpaired) electrons. The summed E-state index contributed by atoms with van der Waals surface area (Å²) in [6.45, 7) is 1.84. The molecule has 2 aromatic rings. The molecule has 22 heavy (non-hydrogen) atoms. The van der Waals surface area contributed by atoms with Gasteiger partial charge >= 0.3 is 6.18 Å². The summed E-state index contributed by atoms with van der Waals surface area (Å²) in [4.78, 5) is 0. The minimum absolute atomic E-state index is 0.0334. The maximum absolute atomic E-state index is 12.7. The number of alkyl halides is 3. The van der Waals surface area contributed by atoms with Crippen molar-refractivity contribution in [3.8, 4) is 17.2 Å². The smallest absolute Gasteiger partial charge is 0.420 e. The van der Waals surface area contributed by atoms with E-state index >= 15 is 0 Å². The molecule has 2 N–H and O–H groups in total. The van der Waals surface area contributed by atoms with Gasteiger partial charge in [-0.05, 0) is 42.3 Å². The summed E-state index contributed by atoms with van der Waals surface area (Å²) in [6, 6.07) is 9.35. The molecule has 0 bridgehead atoms. The molecule has 0 fully saturated rings. The highest BCUT2D eigenvalue weighted by atomic mass is 19.4. The number of aromatic hydroxyl groups is 1. The van der Waals surface area contributed by atoms with Gasteiger partial charge in [-0.3, -0.25) is 0 Å². The van der Waals surface area contributed by atoms with Crippen LogP contribution in [0.15, 0.2) is 42.5 Å². The van der Waals surface area contributed by atoms with Gasteiger partial charge in [-0.15, -0.1) is 0 Å². The summed E-state index contributed by atoms with van der Waals surface area (Å²) in [5.74, 6) is -0.541. The van der Waals surface area contributed by atoms with Crippen LogP contribution >= 0.6 is 0 Å². The number of rotatable bonds is 4. The number of aliphatic hydroxyl groups is 1. The van der Waals surface area contributed by atoms with E-state index in [1.807, 2.05) is 6.92 Å². The Kier molecular flexibility index (Phi) is 4.61. The standard InChI is InChI=1S/C16H15F3O3/c1-2-14(20)10-3-5-11(6-4-10)22-12-7-8-15(21)13(9-12)16(17,18)19/h3-9,14,20-21H,2H2,1H3. The summed E-state index contributed by atoms with van der Waals surface area (Å²) >= 11 is 0. The quantitative estimate of drug-likeness (QED) is 0.864. The van der Waals surface area contributed by atoms with Crippen LogP contribution in [0.3, 0.4) is 0 Å². The van der Waals surface area contributed by atoms with Gasteiger partial charge in [0.25, 0.3) is 0 Å². The van der Waals surface area contributed by atoms with Crippen molar-refractivity contribution in [1.82, 2.24) is 0 Å². The lowest BCUT2D eigenvalue weighted by Crippen LogP contribution is -2.05. The van der Waals surface area contributed by atoms with Crippen LogP contribution in [0.1, 0.15) is 30.6 Å². The van der Waals surface area contributed by atoms with Crippen LogP contribution in [0.2, 0.25) is 0 Å². The molecule has 1 unspecified atom stereocenters. The van der Waals surface area contributed by atoms with E-state index in [1.165, 1.54) is 6.07 Å². The van der Waals surface area contributed by atoms with E-state index in [2.05, 4.69) is 0 Å². The fourth-order valence-corrected chi connectivity index (χ4v) is 1.94. The maximum Gasteiger partial charge on any atom is 0.420 e. The zero-order chi connectivity index (χ0) is 16.3. The second-order valence-electron chi connectivity index (χ2n) is 4.77. The zero-order valence-electron chi connectivity index (χ0n) is 11.8. The topological polar surface area (TPSA) is 49.7 Å². The molecule has 0 aliphatic heterocycles. The molecule has 0 aliphatic carbocycles. The van der Waals surface area contributed by atoms with Gasteiger partial charge in [-0.25, -0.2) is 0 Å². The highest BCUT2D eigenvalue weighted by Gasteiger charge is 2.34. The number of hydrogen-bond acceptors (Lipinski definition) is 3. The number of benzene rings is 2. The second kappa shape index (κ2) is 6.27. The Labute approximate surface area is 125 Å². The molecule has 0 heterocycles. The molecule has 2 aromatic carbocycles. The van der Waals surface area contributed by atoms with Gasteiger partial charge in [0, 0.05) is 0 Å². The van der Waals surface area contributed by atoms with E-state index in [4.69, 9.17) is 4.74 Å². The second-order valence-corrected chi connectivity index (χ2v) is 4.77.